The van der Waals surface area contributed by atoms with Crippen molar-refractivity contribution >= 4 is 17.2 Å². The fraction of sp³-hybridized carbons (Fsp3) is 0.900. The molecule has 0 bridgehead atoms. The summed E-state index contributed by atoms with van der Waals surface area (Å²) >= 11 is 4.92. The molecule has 76 valence electrons. The molecule has 0 heterocycles. The van der Waals surface area contributed by atoms with Crippen LogP contribution in [-0.2, 0) is 0 Å². The van der Waals surface area contributed by atoms with Crippen LogP contribution in [0.4, 0.5) is 0 Å². The number of nitrogens with zero attached hydrogens (tertiary/aromatic N) is 1. The second kappa shape index (κ2) is 5.55. The van der Waals surface area contributed by atoms with Crippen LogP contribution in [0.5, 0.6) is 0 Å². The van der Waals surface area contributed by atoms with Crippen LogP contribution in [0.15, 0.2) is 0 Å². The van der Waals surface area contributed by atoms with E-state index in [2.05, 4.69) is 11.8 Å². The van der Waals surface area contributed by atoms with Gasteiger partial charge >= 0.3 is 0 Å². The van der Waals surface area contributed by atoms with E-state index in [1.165, 1.54) is 32.2 Å². The van der Waals surface area contributed by atoms with Crippen molar-refractivity contribution in [2.75, 3.05) is 19.6 Å². The Morgan fingerprint density at radius 2 is 2.15 bits per heavy atom. The highest BCUT2D eigenvalue weighted by atomic mass is 32.1. The maximum absolute atomic E-state index is 5.54. The Labute approximate surface area is 86.5 Å². The van der Waals surface area contributed by atoms with Crippen molar-refractivity contribution in [3.63, 3.8) is 0 Å². The molecule has 0 atom stereocenters. The summed E-state index contributed by atoms with van der Waals surface area (Å²) in [5, 5.41) is 0. The van der Waals surface area contributed by atoms with Gasteiger partial charge in [-0.25, -0.2) is 0 Å². The normalized spacial score (nSPS) is 16.5. The van der Waals surface area contributed by atoms with Gasteiger partial charge in [-0.1, -0.05) is 32.0 Å². The van der Waals surface area contributed by atoms with E-state index in [-0.39, 0.29) is 0 Å². The van der Waals surface area contributed by atoms with Gasteiger partial charge in [0.2, 0.25) is 0 Å². The molecular formula is C10H20N2S. The lowest BCUT2D eigenvalue weighted by molar-refractivity contribution is 0.301. The molecule has 2 nitrogen and oxygen atoms in total. The summed E-state index contributed by atoms with van der Waals surface area (Å²) in [7, 11) is 0. The lowest BCUT2D eigenvalue weighted by Gasteiger charge is -2.20. The van der Waals surface area contributed by atoms with E-state index in [0.29, 0.717) is 4.99 Å². The van der Waals surface area contributed by atoms with Gasteiger partial charge in [-0.2, -0.15) is 0 Å². The van der Waals surface area contributed by atoms with Gasteiger partial charge in [-0.15, -0.1) is 0 Å². The first-order valence-corrected chi connectivity index (χ1v) is 5.64. The number of hydrogen-bond donors (Lipinski definition) is 1. The predicted molar refractivity (Wildman–Crippen MR) is 60.9 cm³/mol. The largest absolute Gasteiger partial charge is 0.392 e. The molecule has 0 aromatic carbocycles. The lowest BCUT2D eigenvalue weighted by atomic mass is 10.2. The first kappa shape index (κ1) is 10.9. The Hall–Kier alpha value is -0.150. The molecule has 0 aromatic rings. The average molecular weight is 200 g/mol. The molecule has 0 saturated heterocycles. The fourth-order valence-electron chi connectivity index (χ4n) is 1.58. The first-order chi connectivity index (χ1) is 6.22. The van der Waals surface area contributed by atoms with E-state index >= 15 is 0 Å². The molecule has 0 aliphatic heterocycles. The number of hydrogen-bond acceptors (Lipinski definition) is 2. The minimum absolute atomic E-state index is 0.629. The molecule has 1 aliphatic rings. The van der Waals surface area contributed by atoms with Crippen LogP contribution in [0.2, 0.25) is 0 Å². The SMILES string of the molecule is CCCN(CCC1CC1)CC(N)=S. The molecule has 1 saturated carbocycles. The van der Waals surface area contributed by atoms with E-state index in [4.69, 9.17) is 18.0 Å². The molecule has 1 fully saturated rings. The molecule has 2 N–H and O–H groups in total. The molecule has 3 heteroatoms. The van der Waals surface area contributed by atoms with E-state index in [0.717, 1.165) is 19.0 Å². The van der Waals surface area contributed by atoms with Crippen molar-refractivity contribution in [2.24, 2.45) is 11.7 Å². The molecule has 0 aromatic heterocycles. The third kappa shape index (κ3) is 5.21. The zero-order chi connectivity index (χ0) is 9.68. The minimum Gasteiger partial charge on any atom is -0.392 e. The fourth-order valence-corrected chi connectivity index (χ4v) is 1.76. The van der Waals surface area contributed by atoms with Crippen LogP contribution in [-0.4, -0.2) is 29.5 Å². The molecular weight excluding hydrogens is 180 g/mol. The first-order valence-electron chi connectivity index (χ1n) is 5.23. The van der Waals surface area contributed by atoms with E-state index in [9.17, 15) is 0 Å². The predicted octanol–water partition coefficient (Wildman–Crippen LogP) is 1.78. The van der Waals surface area contributed by atoms with Crippen molar-refractivity contribution in [1.82, 2.24) is 4.90 Å². The third-order valence-corrected chi connectivity index (χ3v) is 2.60. The summed E-state index contributed by atoms with van der Waals surface area (Å²) in [4.78, 5) is 3.00. The summed E-state index contributed by atoms with van der Waals surface area (Å²) in [6.45, 7) is 5.31. The van der Waals surface area contributed by atoms with Crippen LogP contribution in [0.25, 0.3) is 0 Å². The maximum atomic E-state index is 5.54. The van der Waals surface area contributed by atoms with Crippen LogP contribution in [0.1, 0.15) is 32.6 Å². The Balaban J connectivity index is 2.14. The highest BCUT2D eigenvalue weighted by Gasteiger charge is 2.21. The summed E-state index contributed by atoms with van der Waals surface area (Å²) in [5.74, 6) is 1.01. The topological polar surface area (TPSA) is 29.3 Å². The monoisotopic (exact) mass is 200 g/mol. The van der Waals surface area contributed by atoms with Crippen LogP contribution >= 0.6 is 12.2 Å². The van der Waals surface area contributed by atoms with E-state index in [1.807, 2.05) is 0 Å². The Bertz CT molecular complexity index is 166. The quantitative estimate of drug-likeness (QED) is 0.635. The molecule has 0 spiro atoms. The van der Waals surface area contributed by atoms with Gasteiger partial charge in [-0.3, -0.25) is 4.90 Å². The summed E-state index contributed by atoms with van der Waals surface area (Å²) < 4.78 is 0. The highest BCUT2D eigenvalue weighted by Crippen LogP contribution is 2.32. The molecule has 0 unspecified atom stereocenters. The van der Waals surface area contributed by atoms with Gasteiger partial charge < -0.3 is 5.73 Å². The Kier molecular flexibility index (Phi) is 4.67. The summed E-state index contributed by atoms with van der Waals surface area (Å²) in [5.41, 5.74) is 5.54. The van der Waals surface area contributed by atoms with Crippen molar-refractivity contribution in [2.45, 2.75) is 32.6 Å². The van der Waals surface area contributed by atoms with Gasteiger partial charge in [0.15, 0.2) is 0 Å². The number of thiocarbonyl (C=S) groups is 1. The lowest BCUT2D eigenvalue weighted by Crippen LogP contribution is -2.34. The van der Waals surface area contributed by atoms with Crippen molar-refractivity contribution in [1.29, 1.82) is 0 Å². The number of nitrogens with two attached hydrogens (primary N) is 1. The second-order valence-electron chi connectivity index (χ2n) is 3.97. The van der Waals surface area contributed by atoms with Crippen LogP contribution in [0, 0.1) is 5.92 Å². The van der Waals surface area contributed by atoms with Crippen molar-refractivity contribution in [3.05, 3.63) is 0 Å². The Morgan fingerprint density at radius 3 is 2.62 bits per heavy atom. The van der Waals surface area contributed by atoms with Gasteiger partial charge in [-0.05, 0) is 31.8 Å². The van der Waals surface area contributed by atoms with Gasteiger partial charge in [0.25, 0.3) is 0 Å². The maximum Gasteiger partial charge on any atom is 0.0870 e. The van der Waals surface area contributed by atoms with Crippen molar-refractivity contribution < 1.29 is 0 Å². The smallest absolute Gasteiger partial charge is 0.0870 e. The second-order valence-corrected chi connectivity index (χ2v) is 4.50. The summed E-state index contributed by atoms with van der Waals surface area (Å²) in [6.07, 6.45) is 5.40. The van der Waals surface area contributed by atoms with E-state index in [1.54, 1.807) is 0 Å². The van der Waals surface area contributed by atoms with Gasteiger partial charge in [0.05, 0.1) is 4.99 Å². The average Bonchev–Trinajstić information content (AvgIpc) is 2.82. The highest BCUT2D eigenvalue weighted by molar-refractivity contribution is 7.80. The summed E-state index contributed by atoms with van der Waals surface area (Å²) in [6, 6.07) is 0. The molecule has 0 amide bonds. The Morgan fingerprint density at radius 1 is 1.46 bits per heavy atom. The zero-order valence-corrected chi connectivity index (χ0v) is 9.28. The molecule has 1 rings (SSSR count). The molecule has 13 heavy (non-hydrogen) atoms. The zero-order valence-electron chi connectivity index (χ0n) is 8.46. The minimum atomic E-state index is 0.629. The third-order valence-electron chi connectivity index (χ3n) is 2.47. The molecule has 1 aliphatic carbocycles. The van der Waals surface area contributed by atoms with E-state index < -0.39 is 0 Å². The van der Waals surface area contributed by atoms with Gasteiger partial charge in [0, 0.05) is 6.54 Å². The number of rotatable bonds is 7. The van der Waals surface area contributed by atoms with Crippen LogP contribution in [0.3, 0.4) is 0 Å². The van der Waals surface area contributed by atoms with Gasteiger partial charge in [0.1, 0.15) is 0 Å². The van der Waals surface area contributed by atoms with Crippen molar-refractivity contribution in [3.8, 4) is 0 Å². The standard InChI is InChI=1S/C10H20N2S/c1-2-6-12(8-10(11)13)7-5-9-3-4-9/h9H,2-8H2,1H3,(H2,11,13). The molecule has 0 radical (unpaired) electrons. The van der Waals surface area contributed by atoms with Crippen LogP contribution < -0.4 is 5.73 Å².